The van der Waals surface area contributed by atoms with Crippen LogP contribution in [0, 0.1) is 0 Å². The van der Waals surface area contributed by atoms with Crippen LogP contribution in [0.3, 0.4) is 0 Å². The smallest absolute Gasteiger partial charge is 0.214 e. The van der Waals surface area contributed by atoms with Gasteiger partial charge in [-0.15, -0.1) is 0 Å². The summed E-state index contributed by atoms with van der Waals surface area (Å²) in [7, 11) is 5.21. The molecule has 0 fully saturated rings. The third-order valence-corrected chi connectivity index (χ3v) is 1.90. The molecule has 4 heteroatoms. The Morgan fingerprint density at radius 1 is 1.36 bits per heavy atom. The normalized spacial score (nSPS) is 11.9. The highest BCUT2D eigenvalue weighted by molar-refractivity contribution is 7.39. The topological polar surface area (TPSA) is 22.1 Å². The molecule has 2 atom stereocenters. The van der Waals surface area contributed by atoms with Crippen molar-refractivity contribution in [1.82, 2.24) is 4.98 Å². The molecule has 78 valence electrons. The van der Waals surface area contributed by atoms with Gasteiger partial charge in [-0.05, 0) is 18.9 Å². The molecular weight excluding hydrogens is 212 g/mol. The van der Waals surface area contributed by atoms with E-state index >= 15 is 0 Å². The zero-order valence-electron chi connectivity index (χ0n) is 8.82. The summed E-state index contributed by atoms with van der Waals surface area (Å²) in [6, 6.07) is 5.86. The standard InChI is InChI=1S/C10H17NOP2/c1-7(2)8-5-4-6-9(11-8)12-10(3,13)14/h4-7H,13-14H2,1-3H3. The van der Waals surface area contributed by atoms with E-state index in [9.17, 15) is 0 Å². The highest BCUT2D eigenvalue weighted by Gasteiger charge is 2.13. The zero-order valence-corrected chi connectivity index (χ0v) is 11.1. The van der Waals surface area contributed by atoms with E-state index in [2.05, 4.69) is 37.3 Å². The number of hydrogen-bond donors (Lipinski definition) is 0. The van der Waals surface area contributed by atoms with Crippen LogP contribution in [0.15, 0.2) is 18.2 Å². The molecular formula is C10H17NOP2. The first-order valence-electron chi connectivity index (χ1n) is 4.62. The second-order valence-electron chi connectivity index (χ2n) is 3.84. The van der Waals surface area contributed by atoms with Crippen molar-refractivity contribution in [1.29, 1.82) is 0 Å². The van der Waals surface area contributed by atoms with Crippen LogP contribution < -0.4 is 4.74 Å². The van der Waals surface area contributed by atoms with Gasteiger partial charge in [0.2, 0.25) is 5.88 Å². The third kappa shape index (κ3) is 3.90. The summed E-state index contributed by atoms with van der Waals surface area (Å²) in [5, 5.41) is -0.345. The second kappa shape index (κ2) is 4.55. The van der Waals surface area contributed by atoms with E-state index in [-0.39, 0.29) is 5.08 Å². The predicted octanol–water partition coefficient (Wildman–Crippen LogP) is 3.01. The molecule has 0 aliphatic rings. The summed E-state index contributed by atoms with van der Waals surface area (Å²) in [5.41, 5.74) is 1.06. The first kappa shape index (κ1) is 11.9. The second-order valence-corrected chi connectivity index (χ2v) is 6.80. The van der Waals surface area contributed by atoms with Crippen molar-refractivity contribution >= 4 is 18.5 Å². The van der Waals surface area contributed by atoms with E-state index in [0.717, 1.165) is 5.69 Å². The van der Waals surface area contributed by atoms with Gasteiger partial charge >= 0.3 is 0 Å². The van der Waals surface area contributed by atoms with Crippen molar-refractivity contribution in [3.63, 3.8) is 0 Å². The fourth-order valence-corrected chi connectivity index (χ4v) is 1.28. The number of aromatic nitrogens is 1. The molecule has 14 heavy (non-hydrogen) atoms. The van der Waals surface area contributed by atoms with Crippen LogP contribution in [0.5, 0.6) is 5.88 Å². The molecule has 0 bridgehead atoms. The highest BCUT2D eigenvalue weighted by Crippen LogP contribution is 2.29. The SMILES string of the molecule is CC(C)c1cccc(OC(C)(P)P)n1. The van der Waals surface area contributed by atoms with Gasteiger partial charge in [0.15, 0.2) is 0 Å². The lowest BCUT2D eigenvalue weighted by molar-refractivity contribution is 0.263. The summed E-state index contributed by atoms with van der Waals surface area (Å²) < 4.78 is 5.61. The molecule has 2 unspecified atom stereocenters. The van der Waals surface area contributed by atoms with Gasteiger partial charge in [-0.3, -0.25) is 0 Å². The van der Waals surface area contributed by atoms with Gasteiger partial charge in [0.1, 0.15) is 5.08 Å². The van der Waals surface area contributed by atoms with Crippen molar-refractivity contribution in [2.24, 2.45) is 0 Å². The van der Waals surface area contributed by atoms with Crippen LogP contribution in [0.1, 0.15) is 32.4 Å². The Morgan fingerprint density at radius 2 is 2.00 bits per heavy atom. The molecule has 0 saturated carbocycles. The number of rotatable bonds is 3. The fraction of sp³-hybridized carbons (Fsp3) is 0.500. The van der Waals surface area contributed by atoms with E-state index in [1.54, 1.807) is 0 Å². The molecule has 0 aliphatic carbocycles. The molecule has 2 nitrogen and oxygen atoms in total. The van der Waals surface area contributed by atoms with Crippen LogP contribution in [0.4, 0.5) is 0 Å². The molecule has 0 amide bonds. The average Bonchev–Trinajstić information content (AvgIpc) is 2.01. The molecule has 0 N–H and O–H groups in total. The number of hydrogen-bond acceptors (Lipinski definition) is 2. The quantitative estimate of drug-likeness (QED) is 0.743. The highest BCUT2D eigenvalue weighted by atomic mass is 31.1. The molecule has 1 aromatic rings. The number of pyridine rings is 1. The van der Waals surface area contributed by atoms with E-state index in [0.29, 0.717) is 11.8 Å². The monoisotopic (exact) mass is 229 g/mol. The predicted molar refractivity (Wildman–Crippen MR) is 66.8 cm³/mol. The summed E-state index contributed by atoms with van der Waals surface area (Å²) in [6.45, 7) is 6.19. The lowest BCUT2D eigenvalue weighted by Gasteiger charge is -2.20. The van der Waals surface area contributed by atoms with Gasteiger partial charge in [0, 0.05) is 11.8 Å². The molecule has 1 aromatic heterocycles. The van der Waals surface area contributed by atoms with Crippen molar-refractivity contribution in [2.45, 2.75) is 31.8 Å². The molecule has 1 rings (SSSR count). The zero-order chi connectivity index (χ0) is 10.8. The number of nitrogens with zero attached hydrogens (tertiary/aromatic N) is 1. The molecule has 1 heterocycles. The third-order valence-electron chi connectivity index (χ3n) is 1.66. The first-order chi connectivity index (χ1) is 6.38. The maximum Gasteiger partial charge on any atom is 0.214 e. The Labute approximate surface area is 90.2 Å². The minimum absolute atomic E-state index is 0.345. The minimum Gasteiger partial charge on any atom is -0.463 e. The summed E-state index contributed by atoms with van der Waals surface area (Å²) >= 11 is 0. The van der Waals surface area contributed by atoms with Gasteiger partial charge in [0.05, 0.1) is 0 Å². The lowest BCUT2D eigenvalue weighted by atomic mass is 10.1. The Hall–Kier alpha value is -0.190. The van der Waals surface area contributed by atoms with Crippen LogP contribution in [-0.2, 0) is 0 Å². The van der Waals surface area contributed by atoms with Gasteiger partial charge in [-0.1, -0.05) is 38.4 Å². The number of ether oxygens (including phenoxy) is 1. The van der Waals surface area contributed by atoms with Gasteiger partial charge in [-0.2, -0.15) is 0 Å². The van der Waals surface area contributed by atoms with Crippen molar-refractivity contribution in [2.75, 3.05) is 0 Å². The molecule has 0 aliphatic heterocycles. The van der Waals surface area contributed by atoms with Gasteiger partial charge < -0.3 is 4.74 Å². The fourth-order valence-electron chi connectivity index (χ4n) is 1.03. The first-order valence-corrected chi connectivity index (χ1v) is 5.77. The molecule has 0 saturated heterocycles. The maximum atomic E-state index is 5.61. The van der Waals surface area contributed by atoms with Crippen molar-refractivity contribution < 1.29 is 4.74 Å². The van der Waals surface area contributed by atoms with E-state index in [1.165, 1.54) is 0 Å². The van der Waals surface area contributed by atoms with E-state index < -0.39 is 0 Å². The van der Waals surface area contributed by atoms with E-state index in [1.807, 2.05) is 25.1 Å². The summed E-state index contributed by atoms with van der Waals surface area (Å²) in [6.07, 6.45) is 0. The Kier molecular flexibility index (Phi) is 3.86. The van der Waals surface area contributed by atoms with Crippen LogP contribution in [0.2, 0.25) is 0 Å². The average molecular weight is 229 g/mol. The Morgan fingerprint density at radius 3 is 2.50 bits per heavy atom. The Bertz CT molecular complexity index is 307. The van der Waals surface area contributed by atoms with Gasteiger partial charge in [0.25, 0.3) is 0 Å². The van der Waals surface area contributed by atoms with Crippen LogP contribution >= 0.6 is 18.5 Å². The minimum atomic E-state index is -0.345. The van der Waals surface area contributed by atoms with Crippen LogP contribution in [-0.4, -0.2) is 10.1 Å². The molecule has 0 spiro atoms. The largest absolute Gasteiger partial charge is 0.463 e. The Balaban J connectivity index is 2.84. The lowest BCUT2D eigenvalue weighted by Crippen LogP contribution is -2.15. The summed E-state index contributed by atoms with van der Waals surface area (Å²) in [5.74, 6) is 1.10. The van der Waals surface area contributed by atoms with Crippen molar-refractivity contribution in [3.05, 3.63) is 23.9 Å². The maximum absolute atomic E-state index is 5.61. The molecule has 0 radical (unpaired) electrons. The summed E-state index contributed by atoms with van der Waals surface area (Å²) in [4.78, 5) is 4.41. The van der Waals surface area contributed by atoms with E-state index in [4.69, 9.17) is 4.74 Å². The van der Waals surface area contributed by atoms with Crippen molar-refractivity contribution in [3.8, 4) is 5.88 Å². The van der Waals surface area contributed by atoms with Gasteiger partial charge in [-0.25, -0.2) is 4.98 Å². The molecule has 0 aromatic carbocycles. The van der Waals surface area contributed by atoms with Crippen LogP contribution in [0.25, 0.3) is 0 Å².